The number of amides is 1. The molecule has 0 radical (unpaired) electrons. The highest BCUT2D eigenvalue weighted by Gasteiger charge is 2.55. The van der Waals surface area contributed by atoms with Crippen LogP contribution in [0.5, 0.6) is 5.75 Å². The molecule has 2 heterocycles. The molecular weight excluding hydrogens is 320 g/mol. The van der Waals surface area contributed by atoms with E-state index in [4.69, 9.17) is 15.0 Å². The lowest BCUT2D eigenvalue weighted by Gasteiger charge is -2.11. The maximum Gasteiger partial charge on any atom is 0.242 e. The van der Waals surface area contributed by atoms with Gasteiger partial charge in [-0.15, -0.1) is 0 Å². The first-order valence-electron chi connectivity index (χ1n) is 8.93. The third kappa shape index (κ3) is 2.67. The van der Waals surface area contributed by atoms with Gasteiger partial charge in [0.1, 0.15) is 16.9 Å². The lowest BCUT2D eigenvalue weighted by atomic mass is 10.1. The molecule has 5 rings (SSSR count). The van der Waals surface area contributed by atoms with Gasteiger partial charge >= 0.3 is 0 Å². The maximum atomic E-state index is 11.6. The summed E-state index contributed by atoms with van der Waals surface area (Å²) in [6, 6.07) is 1.90. The Balaban J connectivity index is 1.44. The highest BCUT2D eigenvalue weighted by molar-refractivity contribution is 5.88. The summed E-state index contributed by atoms with van der Waals surface area (Å²) in [6.07, 6.45) is 8.07. The van der Waals surface area contributed by atoms with E-state index in [0.29, 0.717) is 42.1 Å². The van der Waals surface area contributed by atoms with Gasteiger partial charge in [0.15, 0.2) is 0 Å². The number of aromatic nitrogens is 3. The van der Waals surface area contributed by atoms with Crippen molar-refractivity contribution in [2.75, 3.05) is 6.61 Å². The van der Waals surface area contributed by atoms with E-state index >= 15 is 0 Å². The van der Waals surface area contributed by atoms with Crippen molar-refractivity contribution in [2.24, 2.45) is 11.7 Å². The number of hydrogen-bond acceptors (Lipinski definition) is 6. The summed E-state index contributed by atoms with van der Waals surface area (Å²) in [5, 5.41) is 4.00. The lowest BCUT2D eigenvalue weighted by Crippen LogP contribution is -2.28. The Labute approximate surface area is 145 Å². The molecule has 3 aliphatic rings. The van der Waals surface area contributed by atoms with Crippen LogP contribution in [0.4, 0.5) is 0 Å². The molecule has 2 N–H and O–H groups in total. The average molecular weight is 340 g/mol. The van der Waals surface area contributed by atoms with E-state index < -0.39 is 11.3 Å². The molecule has 25 heavy (non-hydrogen) atoms. The van der Waals surface area contributed by atoms with Gasteiger partial charge in [-0.3, -0.25) is 9.78 Å². The number of rotatable bonds is 7. The molecule has 2 aromatic heterocycles. The largest absolute Gasteiger partial charge is 0.493 e. The monoisotopic (exact) mass is 340 g/mol. The molecule has 3 fully saturated rings. The van der Waals surface area contributed by atoms with Crippen LogP contribution in [0, 0.1) is 5.92 Å². The van der Waals surface area contributed by atoms with Gasteiger partial charge in [-0.05, 0) is 50.4 Å². The van der Waals surface area contributed by atoms with Crippen molar-refractivity contribution in [3.63, 3.8) is 0 Å². The van der Waals surface area contributed by atoms with Gasteiger partial charge in [-0.25, -0.2) is 0 Å². The molecule has 2 aromatic rings. The number of carbonyl (C=O) groups is 1. The molecule has 3 saturated carbocycles. The van der Waals surface area contributed by atoms with Gasteiger partial charge in [-0.1, -0.05) is 5.16 Å². The fraction of sp³-hybridized carbons (Fsp3) is 0.556. The summed E-state index contributed by atoms with van der Waals surface area (Å²) < 4.78 is 11.4. The number of carbonyl (C=O) groups excluding carboxylic acids is 1. The van der Waals surface area contributed by atoms with Crippen LogP contribution in [-0.4, -0.2) is 27.6 Å². The Hall–Kier alpha value is -2.44. The van der Waals surface area contributed by atoms with Crippen LogP contribution in [0.15, 0.2) is 16.8 Å². The van der Waals surface area contributed by atoms with Crippen LogP contribution in [0.25, 0.3) is 11.5 Å². The third-order valence-corrected chi connectivity index (χ3v) is 5.37. The van der Waals surface area contributed by atoms with Crippen LogP contribution in [0.1, 0.15) is 55.9 Å². The smallest absolute Gasteiger partial charge is 0.242 e. The molecule has 1 amide bonds. The van der Waals surface area contributed by atoms with E-state index in [1.165, 1.54) is 31.2 Å². The van der Waals surface area contributed by atoms with Crippen molar-refractivity contribution in [1.82, 2.24) is 15.1 Å². The first-order chi connectivity index (χ1) is 12.2. The number of nitrogens with two attached hydrogens (primary N) is 1. The fourth-order valence-corrected chi connectivity index (χ4v) is 3.10. The summed E-state index contributed by atoms with van der Waals surface area (Å²) in [5.74, 6) is 2.38. The molecule has 130 valence electrons. The third-order valence-electron chi connectivity index (χ3n) is 5.37. The van der Waals surface area contributed by atoms with E-state index in [1.54, 1.807) is 0 Å². The van der Waals surface area contributed by atoms with Crippen LogP contribution in [0.2, 0.25) is 0 Å². The second kappa shape index (κ2) is 5.28. The van der Waals surface area contributed by atoms with Gasteiger partial charge in [0.25, 0.3) is 0 Å². The first kappa shape index (κ1) is 14.9. The summed E-state index contributed by atoms with van der Waals surface area (Å²) >= 11 is 0. The maximum absolute atomic E-state index is 11.6. The molecule has 0 unspecified atom stereocenters. The van der Waals surface area contributed by atoms with Gasteiger partial charge in [0.2, 0.25) is 17.6 Å². The van der Waals surface area contributed by atoms with Crippen molar-refractivity contribution in [2.45, 2.75) is 49.9 Å². The number of ether oxygens (including phenoxy) is 1. The van der Waals surface area contributed by atoms with Crippen LogP contribution in [0.3, 0.4) is 0 Å². The second-order valence-corrected chi connectivity index (χ2v) is 7.51. The highest BCUT2D eigenvalue weighted by Crippen LogP contribution is 2.48. The average Bonchev–Trinajstić information content (AvgIpc) is 3.48. The Kier molecular flexibility index (Phi) is 3.14. The zero-order valence-electron chi connectivity index (χ0n) is 13.9. The predicted octanol–water partition coefficient (Wildman–Crippen LogP) is 2.31. The normalized spacial score (nSPS) is 21.1. The summed E-state index contributed by atoms with van der Waals surface area (Å²) in [7, 11) is 0. The molecular formula is C18H20N4O3. The summed E-state index contributed by atoms with van der Waals surface area (Å²) in [6.45, 7) is 0.755. The first-order valence-corrected chi connectivity index (χ1v) is 8.93. The van der Waals surface area contributed by atoms with Gasteiger partial charge in [0.05, 0.1) is 6.61 Å². The van der Waals surface area contributed by atoms with Crippen LogP contribution >= 0.6 is 0 Å². The quantitative estimate of drug-likeness (QED) is 0.829. The zero-order valence-corrected chi connectivity index (χ0v) is 13.9. The Bertz CT molecular complexity index is 835. The fourth-order valence-electron chi connectivity index (χ4n) is 3.10. The molecule has 3 aliphatic carbocycles. The van der Waals surface area contributed by atoms with Crippen LogP contribution < -0.4 is 10.5 Å². The van der Waals surface area contributed by atoms with Crippen molar-refractivity contribution in [1.29, 1.82) is 0 Å². The van der Waals surface area contributed by atoms with E-state index in [0.717, 1.165) is 12.4 Å². The standard InChI is InChI=1S/C18H20N4O3/c19-16(23)18(5-6-18)17-21-15(22-25-17)13-7-14(24-9-10-1-2-10)12(8-20-13)11-3-4-11/h7-8,10-11H,1-6,9H2,(H2,19,23). The highest BCUT2D eigenvalue weighted by atomic mass is 16.5. The molecule has 0 aromatic carbocycles. The molecule has 0 saturated heterocycles. The Morgan fingerprint density at radius 1 is 1.32 bits per heavy atom. The van der Waals surface area contributed by atoms with Crippen LogP contribution in [-0.2, 0) is 10.2 Å². The topological polar surface area (TPSA) is 104 Å². The van der Waals surface area contributed by atoms with E-state index in [9.17, 15) is 4.79 Å². The number of pyridine rings is 1. The SMILES string of the molecule is NC(=O)C1(c2nc(-c3cc(OCC4CC4)c(C4CC4)cn3)no2)CC1. The van der Waals surface area contributed by atoms with Gasteiger partial charge in [0, 0.05) is 17.8 Å². The van der Waals surface area contributed by atoms with E-state index in [2.05, 4.69) is 15.1 Å². The molecule has 7 nitrogen and oxygen atoms in total. The minimum atomic E-state index is -0.773. The Morgan fingerprint density at radius 3 is 2.76 bits per heavy atom. The minimum absolute atomic E-state index is 0.295. The number of primary amides is 1. The summed E-state index contributed by atoms with van der Waals surface area (Å²) in [5.41, 5.74) is 6.47. The second-order valence-electron chi connectivity index (χ2n) is 7.51. The van der Waals surface area contributed by atoms with E-state index in [-0.39, 0.29) is 0 Å². The Morgan fingerprint density at radius 2 is 2.12 bits per heavy atom. The van der Waals surface area contributed by atoms with Crippen molar-refractivity contribution >= 4 is 5.91 Å². The molecule has 0 aliphatic heterocycles. The molecule has 0 spiro atoms. The number of hydrogen-bond donors (Lipinski definition) is 1. The van der Waals surface area contributed by atoms with Gasteiger partial charge in [-0.2, -0.15) is 4.98 Å². The van der Waals surface area contributed by atoms with Crippen molar-refractivity contribution in [3.8, 4) is 17.3 Å². The predicted molar refractivity (Wildman–Crippen MR) is 87.8 cm³/mol. The summed E-state index contributed by atoms with van der Waals surface area (Å²) in [4.78, 5) is 20.5. The molecule has 0 bridgehead atoms. The zero-order chi connectivity index (χ0) is 17.0. The van der Waals surface area contributed by atoms with Crippen molar-refractivity contribution < 1.29 is 14.1 Å². The lowest BCUT2D eigenvalue weighted by molar-refractivity contribution is -0.121. The molecule has 0 atom stereocenters. The number of nitrogens with zero attached hydrogens (tertiary/aromatic N) is 3. The van der Waals surface area contributed by atoms with Gasteiger partial charge < -0.3 is 15.0 Å². The van der Waals surface area contributed by atoms with E-state index in [1.807, 2.05) is 12.3 Å². The van der Waals surface area contributed by atoms with Crippen molar-refractivity contribution in [3.05, 3.63) is 23.7 Å². The minimum Gasteiger partial charge on any atom is -0.493 e. The molecule has 7 heteroatoms.